The van der Waals surface area contributed by atoms with Crippen molar-refractivity contribution < 1.29 is 4.74 Å². The number of hydrogen-bond donors (Lipinski definition) is 1. The second-order valence-corrected chi connectivity index (χ2v) is 6.41. The number of nitrogens with zero attached hydrogens (tertiary/aromatic N) is 1. The first kappa shape index (κ1) is 15.3. The van der Waals surface area contributed by atoms with Gasteiger partial charge in [0.15, 0.2) is 0 Å². The standard InChI is InChI=1S/C16H32N2O/c1-19-14-15-7-5-11-18(13-15)12-6-10-17-16-8-3-2-4-9-16/h15-17H,2-14H2,1H3. The van der Waals surface area contributed by atoms with Crippen LogP contribution in [0.2, 0.25) is 0 Å². The Morgan fingerprint density at radius 1 is 1.11 bits per heavy atom. The fourth-order valence-electron chi connectivity index (χ4n) is 3.64. The van der Waals surface area contributed by atoms with E-state index in [-0.39, 0.29) is 0 Å². The van der Waals surface area contributed by atoms with Gasteiger partial charge in [0.1, 0.15) is 0 Å². The fourth-order valence-corrected chi connectivity index (χ4v) is 3.64. The highest BCUT2D eigenvalue weighted by Crippen LogP contribution is 2.18. The summed E-state index contributed by atoms with van der Waals surface area (Å²) in [4.78, 5) is 2.63. The Balaban J connectivity index is 1.52. The second-order valence-electron chi connectivity index (χ2n) is 6.41. The smallest absolute Gasteiger partial charge is 0.0502 e. The third kappa shape index (κ3) is 5.80. The summed E-state index contributed by atoms with van der Waals surface area (Å²) in [6.07, 6.45) is 11.1. The van der Waals surface area contributed by atoms with Crippen molar-refractivity contribution in [3.05, 3.63) is 0 Å². The van der Waals surface area contributed by atoms with Gasteiger partial charge in [0.05, 0.1) is 6.61 Å². The molecule has 0 bridgehead atoms. The number of likely N-dealkylation sites (tertiary alicyclic amines) is 1. The monoisotopic (exact) mass is 268 g/mol. The molecule has 0 aromatic rings. The molecule has 3 nitrogen and oxygen atoms in total. The Labute approximate surface area is 119 Å². The normalized spacial score (nSPS) is 26.7. The molecular formula is C16H32N2O. The average Bonchev–Trinajstić information content (AvgIpc) is 2.46. The van der Waals surface area contributed by atoms with E-state index in [9.17, 15) is 0 Å². The van der Waals surface area contributed by atoms with Gasteiger partial charge in [-0.05, 0) is 57.7 Å². The predicted molar refractivity (Wildman–Crippen MR) is 80.5 cm³/mol. The maximum absolute atomic E-state index is 5.30. The van der Waals surface area contributed by atoms with Crippen molar-refractivity contribution in [3.63, 3.8) is 0 Å². The number of ether oxygens (including phenoxy) is 1. The largest absolute Gasteiger partial charge is 0.384 e. The summed E-state index contributed by atoms with van der Waals surface area (Å²) >= 11 is 0. The van der Waals surface area contributed by atoms with Crippen LogP contribution in [-0.4, -0.2) is 50.8 Å². The number of rotatable bonds is 7. The molecule has 0 spiro atoms. The van der Waals surface area contributed by atoms with Crippen molar-refractivity contribution in [1.29, 1.82) is 0 Å². The van der Waals surface area contributed by atoms with Crippen molar-refractivity contribution in [2.75, 3.05) is 39.9 Å². The van der Waals surface area contributed by atoms with Gasteiger partial charge < -0.3 is 15.0 Å². The molecule has 1 aliphatic carbocycles. The quantitative estimate of drug-likeness (QED) is 0.718. The van der Waals surface area contributed by atoms with Crippen LogP contribution in [0.5, 0.6) is 0 Å². The van der Waals surface area contributed by atoms with Crippen LogP contribution in [0.3, 0.4) is 0 Å². The van der Waals surface area contributed by atoms with Gasteiger partial charge in [0.2, 0.25) is 0 Å². The highest BCUT2D eigenvalue weighted by atomic mass is 16.5. The van der Waals surface area contributed by atoms with Crippen molar-refractivity contribution in [1.82, 2.24) is 10.2 Å². The van der Waals surface area contributed by atoms with Crippen LogP contribution in [0.4, 0.5) is 0 Å². The maximum atomic E-state index is 5.30. The van der Waals surface area contributed by atoms with E-state index in [1.54, 1.807) is 0 Å². The van der Waals surface area contributed by atoms with Crippen molar-refractivity contribution in [3.8, 4) is 0 Å². The molecule has 3 heteroatoms. The number of methoxy groups -OCH3 is 1. The maximum Gasteiger partial charge on any atom is 0.0502 e. The van der Waals surface area contributed by atoms with Gasteiger partial charge in [-0.3, -0.25) is 0 Å². The molecule has 1 saturated carbocycles. The molecule has 1 atom stereocenters. The van der Waals surface area contributed by atoms with Gasteiger partial charge in [-0.15, -0.1) is 0 Å². The van der Waals surface area contributed by atoms with Crippen LogP contribution in [0.15, 0.2) is 0 Å². The van der Waals surface area contributed by atoms with Gasteiger partial charge in [-0.25, -0.2) is 0 Å². The zero-order valence-electron chi connectivity index (χ0n) is 12.7. The van der Waals surface area contributed by atoms with E-state index in [2.05, 4.69) is 10.2 Å². The van der Waals surface area contributed by atoms with Crippen molar-refractivity contribution in [2.24, 2.45) is 5.92 Å². The van der Waals surface area contributed by atoms with E-state index >= 15 is 0 Å². The van der Waals surface area contributed by atoms with Crippen LogP contribution in [0, 0.1) is 5.92 Å². The number of piperidine rings is 1. The zero-order chi connectivity index (χ0) is 13.3. The summed E-state index contributed by atoms with van der Waals surface area (Å²) < 4.78 is 5.30. The molecule has 1 unspecified atom stereocenters. The summed E-state index contributed by atoms with van der Waals surface area (Å²) in [5.41, 5.74) is 0. The molecule has 2 fully saturated rings. The summed E-state index contributed by atoms with van der Waals surface area (Å²) in [5.74, 6) is 0.769. The Hall–Kier alpha value is -0.120. The number of nitrogens with one attached hydrogen (secondary N) is 1. The van der Waals surface area contributed by atoms with Crippen molar-refractivity contribution in [2.45, 2.75) is 57.4 Å². The van der Waals surface area contributed by atoms with Gasteiger partial charge in [-0.2, -0.15) is 0 Å². The minimum absolute atomic E-state index is 0.769. The van der Waals surface area contributed by atoms with E-state index in [0.29, 0.717) is 0 Å². The topological polar surface area (TPSA) is 24.5 Å². The lowest BCUT2D eigenvalue weighted by molar-refractivity contribution is 0.0900. The minimum Gasteiger partial charge on any atom is -0.384 e. The summed E-state index contributed by atoms with van der Waals surface area (Å²) in [6.45, 7) is 5.95. The fraction of sp³-hybridized carbons (Fsp3) is 1.00. The van der Waals surface area contributed by atoms with E-state index < -0.39 is 0 Å². The van der Waals surface area contributed by atoms with Gasteiger partial charge in [-0.1, -0.05) is 19.3 Å². The van der Waals surface area contributed by atoms with Gasteiger partial charge in [0, 0.05) is 19.7 Å². The predicted octanol–water partition coefficient (Wildman–Crippen LogP) is 2.66. The molecular weight excluding hydrogens is 236 g/mol. The Morgan fingerprint density at radius 2 is 1.95 bits per heavy atom. The molecule has 2 rings (SSSR count). The molecule has 1 N–H and O–H groups in total. The molecule has 0 aromatic heterocycles. The van der Waals surface area contributed by atoms with Crippen LogP contribution >= 0.6 is 0 Å². The van der Waals surface area contributed by atoms with E-state index in [1.165, 1.54) is 77.5 Å². The van der Waals surface area contributed by atoms with Gasteiger partial charge >= 0.3 is 0 Å². The lowest BCUT2D eigenvalue weighted by atomic mass is 9.95. The zero-order valence-corrected chi connectivity index (χ0v) is 12.7. The third-order valence-electron chi connectivity index (χ3n) is 4.69. The van der Waals surface area contributed by atoms with E-state index in [1.807, 2.05) is 7.11 Å². The van der Waals surface area contributed by atoms with Gasteiger partial charge in [0.25, 0.3) is 0 Å². The lowest BCUT2D eigenvalue weighted by Gasteiger charge is -2.32. The molecule has 2 aliphatic rings. The summed E-state index contributed by atoms with van der Waals surface area (Å²) in [7, 11) is 1.83. The molecule has 0 amide bonds. The van der Waals surface area contributed by atoms with Crippen LogP contribution in [0.1, 0.15) is 51.4 Å². The van der Waals surface area contributed by atoms with Crippen molar-refractivity contribution >= 4 is 0 Å². The minimum atomic E-state index is 0.769. The molecule has 112 valence electrons. The summed E-state index contributed by atoms with van der Waals surface area (Å²) in [5, 5.41) is 3.75. The highest BCUT2D eigenvalue weighted by molar-refractivity contribution is 4.74. The van der Waals surface area contributed by atoms with Crippen LogP contribution in [-0.2, 0) is 4.74 Å². The third-order valence-corrected chi connectivity index (χ3v) is 4.69. The second kappa shape index (κ2) is 8.93. The van der Waals surface area contributed by atoms with Crippen LogP contribution < -0.4 is 5.32 Å². The Kier molecular flexibility index (Phi) is 7.18. The van der Waals surface area contributed by atoms with E-state index in [4.69, 9.17) is 4.74 Å². The molecule has 1 heterocycles. The SMILES string of the molecule is COCC1CCCN(CCCNC2CCCCC2)C1. The molecule has 1 saturated heterocycles. The molecule has 19 heavy (non-hydrogen) atoms. The molecule has 0 radical (unpaired) electrons. The first-order chi connectivity index (χ1) is 9.38. The first-order valence-electron chi connectivity index (χ1n) is 8.33. The average molecular weight is 268 g/mol. The highest BCUT2D eigenvalue weighted by Gasteiger charge is 2.19. The number of hydrogen-bond acceptors (Lipinski definition) is 3. The molecule has 0 aromatic carbocycles. The lowest BCUT2D eigenvalue weighted by Crippen LogP contribution is -2.39. The molecule has 1 aliphatic heterocycles. The Bertz CT molecular complexity index is 227. The van der Waals surface area contributed by atoms with E-state index in [0.717, 1.165) is 18.6 Å². The summed E-state index contributed by atoms with van der Waals surface area (Å²) in [6, 6.07) is 0.816. The Morgan fingerprint density at radius 3 is 2.74 bits per heavy atom. The van der Waals surface area contributed by atoms with Crippen LogP contribution in [0.25, 0.3) is 0 Å². The first-order valence-corrected chi connectivity index (χ1v) is 8.33.